The molecule has 0 atom stereocenters. The molecule has 8 heteroatoms. The van der Waals surface area contributed by atoms with E-state index < -0.39 is 0 Å². The summed E-state index contributed by atoms with van der Waals surface area (Å²) in [6, 6.07) is 19.2. The van der Waals surface area contributed by atoms with Crippen molar-refractivity contribution in [1.29, 1.82) is 0 Å². The Morgan fingerprint density at radius 3 is 2.33 bits per heavy atom. The van der Waals surface area contributed by atoms with E-state index in [4.69, 9.17) is 11.6 Å². The van der Waals surface area contributed by atoms with Gasteiger partial charge in [0.05, 0.1) is 5.02 Å². The highest BCUT2D eigenvalue weighted by atomic mass is 35.5. The van der Waals surface area contributed by atoms with Crippen LogP contribution in [0.1, 0.15) is 41.6 Å². The number of nitrogens with zero attached hydrogens (tertiary/aromatic N) is 2. The lowest BCUT2D eigenvalue weighted by Crippen LogP contribution is -2.51. The van der Waals surface area contributed by atoms with Gasteiger partial charge in [0, 0.05) is 55.5 Å². The van der Waals surface area contributed by atoms with Crippen LogP contribution in [-0.4, -0.2) is 65.0 Å². The Balaban J connectivity index is 1.07. The zero-order valence-electron chi connectivity index (χ0n) is 22.2. The van der Waals surface area contributed by atoms with Crippen LogP contribution in [0.2, 0.25) is 5.02 Å². The Labute approximate surface area is 239 Å². The Kier molecular flexibility index (Phi) is 8.82. The van der Waals surface area contributed by atoms with Crippen molar-refractivity contribution in [3.63, 3.8) is 0 Å². The molecule has 0 unspecified atom stereocenters. The number of hydrogen-bond acceptors (Lipinski definition) is 4. The normalized spacial score (nSPS) is 17.3. The van der Waals surface area contributed by atoms with E-state index in [0.717, 1.165) is 44.3 Å². The van der Waals surface area contributed by atoms with Crippen LogP contribution in [0.15, 0.2) is 72.8 Å². The largest absolute Gasteiger partial charge is 0.508 e. The number of aromatic hydroxyl groups is 1. The molecule has 2 saturated heterocycles. The first kappa shape index (κ1) is 27.9. The van der Waals surface area contributed by atoms with E-state index in [9.17, 15) is 19.1 Å². The van der Waals surface area contributed by atoms with E-state index in [1.165, 1.54) is 24.3 Å². The molecule has 0 aliphatic carbocycles. The van der Waals surface area contributed by atoms with Gasteiger partial charge in [-0.3, -0.25) is 9.59 Å². The third-order valence-corrected chi connectivity index (χ3v) is 8.17. The number of likely N-dealkylation sites (tertiary alicyclic amines) is 2. The van der Waals surface area contributed by atoms with Crippen molar-refractivity contribution in [2.75, 3.05) is 26.2 Å². The van der Waals surface area contributed by atoms with Gasteiger partial charge in [0.1, 0.15) is 11.6 Å². The van der Waals surface area contributed by atoms with Crippen molar-refractivity contribution in [2.24, 2.45) is 0 Å². The van der Waals surface area contributed by atoms with Gasteiger partial charge in [0.2, 0.25) is 5.91 Å². The summed E-state index contributed by atoms with van der Waals surface area (Å²) in [6.07, 6.45) is 6.61. The summed E-state index contributed by atoms with van der Waals surface area (Å²) in [5.41, 5.74) is 2.34. The van der Waals surface area contributed by atoms with Gasteiger partial charge in [0.25, 0.3) is 5.91 Å². The summed E-state index contributed by atoms with van der Waals surface area (Å²) >= 11 is 6.10. The van der Waals surface area contributed by atoms with Crippen molar-refractivity contribution < 1.29 is 19.1 Å². The number of benzene rings is 3. The van der Waals surface area contributed by atoms with Gasteiger partial charge in [-0.05, 0) is 73.2 Å². The Morgan fingerprint density at radius 1 is 0.925 bits per heavy atom. The monoisotopic (exact) mass is 561 g/mol. The quantitative estimate of drug-likeness (QED) is 0.376. The van der Waals surface area contributed by atoms with Crippen molar-refractivity contribution in [1.82, 2.24) is 15.1 Å². The van der Waals surface area contributed by atoms with Crippen molar-refractivity contribution in [3.8, 4) is 16.9 Å². The van der Waals surface area contributed by atoms with Crippen LogP contribution in [0.25, 0.3) is 17.2 Å². The second-order valence-corrected chi connectivity index (χ2v) is 10.8. The van der Waals surface area contributed by atoms with Gasteiger partial charge in [-0.25, -0.2) is 4.39 Å². The molecule has 0 spiro atoms. The van der Waals surface area contributed by atoms with Gasteiger partial charge >= 0.3 is 0 Å². The highest BCUT2D eigenvalue weighted by molar-refractivity contribution is 6.32. The average Bonchev–Trinajstić information content (AvgIpc) is 2.97. The van der Waals surface area contributed by atoms with Gasteiger partial charge in [-0.2, -0.15) is 0 Å². The topological polar surface area (TPSA) is 72.9 Å². The number of carbonyl (C=O) groups is 2. The number of nitrogens with one attached hydrogen (secondary N) is 1. The first-order valence-electron chi connectivity index (χ1n) is 13.7. The predicted octanol–water partition coefficient (Wildman–Crippen LogP) is 5.75. The van der Waals surface area contributed by atoms with Crippen LogP contribution >= 0.6 is 11.6 Å². The summed E-state index contributed by atoms with van der Waals surface area (Å²) in [7, 11) is 0. The zero-order valence-corrected chi connectivity index (χ0v) is 23.0. The molecule has 2 heterocycles. The predicted molar refractivity (Wildman–Crippen MR) is 156 cm³/mol. The van der Waals surface area contributed by atoms with Crippen LogP contribution in [0.5, 0.6) is 5.75 Å². The lowest BCUT2D eigenvalue weighted by Gasteiger charge is -2.41. The Hall–Kier alpha value is -3.68. The molecule has 6 nitrogen and oxygen atoms in total. The maximum absolute atomic E-state index is 14.8. The summed E-state index contributed by atoms with van der Waals surface area (Å²) < 4.78 is 14.8. The van der Waals surface area contributed by atoms with Gasteiger partial charge in [0.15, 0.2) is 0 Å². The zero-order chi connectivity index (χ0) is 28.1. The minimum absolute atomic E-state index is 0.0832. The standard InChI is InChI=1S/C32H33ClFN3O3/c33-29-21-27(38)9-6-23(29)8-11-31(39)35-25-12-16-36(17-13-25)26-14-18-37(19-15-26)32(40)24-7-10-28(30(34)20-24)22-4-2-1-3-5-22/h1-11,20-21,25-26,38H,12-19H2,(H,35,39)/b11-8+. The molecule has 3 aromatic rings. The number of carbonyl (C=O) groups excluding carboxylic acids is 2. The number of piperidine rings is 2. The molecule has 2 N–H and O–H groups in total. The third-order valence-electron chi connectivity index (χ3n) is 7.84. The number of phenols is 1. The highest BCUT2D eigenvalue weighted by Gasteiger charge is 2.30. The van der Waals surface area contributed by atoms with Crippen molar-refractivity contribution in [2.45, 2.75) is 37.8 Å². The van der Waals surface area contributed by atoms with Crippen LogP contribution in [-0.2, 0) is 4.79 Å². The van der Waals surface area contributed by atoms with Gasteiger partial charge in [-0.1, -0.05) is 48.0 Å². The smallest absolute Gasteiger partial charge is 0.253 e. The Bertz CT molecular complexity index is 1380. The third kappa shape index (κ3) is 6.72. The molecule has 3 aromatic carbocycles. The van der Waals surface area contributed by atoms with E-state index in [-0.39, 0.29) is 29.4 Å². The van der Waals surface area contributed by atoms with Crippen molar-refractivity contribution >= 4 is 29.5 Å². The number of phenolic OH excluding ortho intramolecular Hbond substituents is 1. The molecule has 0 saturated carbocycles. The molecule has 40 heavy (non-hydrogen) atoms. The number of amides is 2. The van der Waals surface area contributed by atoms with Crippen LogP contribution in [0.3, 0.4) is 0 Å². The fourth-order valence-corrected chi connectivity index (χ4v) is 5.83. The Morgan fingerprint density at radius 2 is 1.65 bits per heavy atom. The number of hydrogen-bond donors (Lipinski definition) is 2. The average molecular weight is 562 g/mol. The lowest BCUT2D eigenvalue weighted by molar-refractivity contribution is -0.117. The molecule has 2 fully saturated rings. The fourth-order valence-electron chi connectivity index (χ4n) is 5.59. The maximum atomic E-state index is 14.8. The van der Waals surface area contributed by atoms with Crippen LogP contribution in [0, 0.1) is 5.82 Å². The first-order chi connectivity index (χ1) is 19.4. The molecule has 2 amide bonds. The van der Waals surface area contributed by atoms with Crippen LogP contribution < -0.4 is 5.32 Å². The minimum atomic E-state index is -0.387. The maximum Gasteiger partial charge on any atom is 0.253 e. The molecule has 2 aliphatic heterocycles. The van der Waals surface area contributed by atoms with Crippen LogP contribution in [0.4, 0.5) is 4.39 Å². The molecular formula is C32H33ClFN3O3. The molecule has 5 rings (SSSR count). The molecule has 208 valence electrons. The fraction of sp³-hybridized carbons (Fsp3) is 0.312. The SMILES string of the molecule is O=C(/C=C/c1ccc(O)cc1Cl)NC1CCN(C2CCN(C(=O)c3ccc(-c4ccccc4)c(F)c3)CC2)CC1. The summed E-state index contributed by atoms with van der Waals surface area (Å²) in [5, 5.41) is 12.9. The number of halogens is 2. The van der Waals surface area contributed by atoms with E-state index in [0.29, 0.717) is 40.8 Å². The van der Waals surface area contributed by atoms with Gasteiger partial charge < -0.3 is 20.2 Å². The number of rotatable bonds is 6. The first-order valence-corrected chi connectivity index (χ1v) is 14.1. The molecule has 2 aliphatic rings. The molecule has 0 bridgehead atoms. The molecule has 0 aromatic heterocycles. The van der Waals surface area contributed by atoms with E-state index in [1.54, 1.807) is 24.3 Å². The summed E-state index contributed by atoms with van der Waals surface area (Å²) in [4.78, 5) is 29.8. The van der Waals surface area contributed by atoms with E-state index >= 15 is 0 Å². The second-order valence-electron chi connectivity index (χ2n) is 10.4. The highest BCUT2D eigenvalue weighted by Crippen LogP contribution is 2.26. The van der Waals surface area contributed by atoms with Gasteiger partial charge in [-0.15, -0.1) is 0 Å². The second kappa shape index (κ2) is 12.7. The molecule has 0 radical (unpaired) electrons. The lowest BCUT2D eigenvalue weighted by atomic mass is 9.97. The van der Waals surface area contributed by atoms with Crippen molar-refractivity contribution in [3.05, 3.63) is 94.8 Å². The molecular weight excluding hydrogens is 529 g/mol. The van der Waals surface area contributed by atoms with E-state index in [2.05, 4.69) is 10.2 Å². The van der Waals surface area contributed by atoms with E-state index in [1.807, 2.05) is 35.2 Å². The summed E-state index contributed by atoms with van der Waals surface area (Å²) in [5.74, 6) is -0.593. The summed E-state index contributed by atoms with van der Waals surface area (Å²) in [6.45, 7) is 3.08. The minimum Gasteiger partial charge on any atom is -0.508 e.